The van der Waals surface area contributed by atoms with E-state index in [1.165, 1.54) is 44.9 Å². The van der Waals surface area contributed by atoms with Crippen molar-refractivity contribution in [3.05, 3.63) is 22.3 Å². The minimum atomic E-state index is 0. The van der Waals surface area contributed by atoms with Crippen LogP contribution in [-0.4, -0.2) is 0 Å². The molecule has 0 spiro atoms. The molecule has 2 aliphatic rings. The smallest absolute Gasteiger partial charge is 1.00 e. The molecule has 0 radical (unpaired) electrons. The van der Waals surface area contributed by atoms with Gasteiger partial charge in [0.2, 0.25) is 0 Å². The Morgan fingerprint density at radius 1 is 0.947 bits per heavy atom. The average Bonchev–Trinajstić information content (AvgIpc) is 2.59. The van der Waals surface area contributed by atoms with E-state index in [4.69, 9.17) is 0 Å². The molecule has 0 nitrogen and oxygen atoms in total. The normalized spacial score (nSPS) is 25.3. The number of hydrogen-bond acceptors (Lipinski definition) is 0. The van der Waals surface area contributed by atoms with E-state index in [9.17, 15) is 0 Å². The van der Waals surface area contributed by atoms with Crippen molar-refractivity contribution in [3.8, 4) is 0 Å². The Balaban J connectivity index is 0. The second kappa shape index (κ2) is 9.16. The molecular formula is C15H23Cl3Ti. The zero-order valence-electron chi connectivity index (χ0n) is 12.1. The zero-order valence-corrected chi connectivity index (χ0v) is 15.9. The first-order chi connectivity index (χ1) is 7.69. The summed E-state index contributed by atoms with van der Waals surface area (Å²) in [5, 5.41) is 0. The molecule has 0 bridgehead atoms. The van der Waals surface area contributed by atoms with Crippen LogP contribution in [-0.2, 0) is 20.4 Å². The first kappa shape index (κ1) is 22.3. The van der Waals surface area contributed by atoms with Crippen molar-refractivity contribution in [1.29, 1.82) is 0 Å². The maximum atomic E-state index is 2.50. The number of allylic oxidation sites excluding steroid dienone is 4. The third kappa shape index (κ3) is 3.64. The zero-order chi connectivity index (χ0) is 11.8. The van der Waals surface area contributed by atoms with Crippen LogP contribution in [0.1, 0.15) is 65.7 Å². The van der Waals surface area contributed by atoms with Gasteiger partial charge in [-0.1, -0.05) is 0 Å². The Morgan fingerprint density at radius 3 is 2.00 bits per heavy atom. The largest absolute Gasteiger partial charge is 1.00 e. The van der Waals surface area contributed by atoms with E-state index in [2.05, 4.69) is 41.2 Å². The van der Waals surface area contributed by atoms with E-state index < -0.39 is 0 Å². The Kier molecular flexibility index (Phi) is 10.8. The third-order valence-electron chi connectivity index (χ3n) is 4.46. The van der Waals surface area contributed by atoms with Gasteiger partial charge in [-0.15, -0.1) is 0 Å². The number of rotatable bonds is 3. The summed E-state index contributed by atoms with van der Waals surface area (Å²) in [6.07, 6.45) is 9.35. The summed E-state index contributed by atoms with van der Waals surface area (Å²) in [7, 11) is 0. The molecule has 0 fully saturated rings. The van der Waals surface area contributed by atoms with Crippen LogP contribution in [0.3, 0.4) is 0 Å². The van der Waals surface area contributed by atoms with Gasteiger partial charge in [0, 0.05) is 0 Å². The van der Waals surface area contributed by atoms with E-state index in [-0.39, 0.29) is 37.2 Å². The fraction of sp³-hybridized carbons (Fsp3) is 0.733. The summed E-state index contributed by atoms with van der Waals surface area (Å²) in [6.45, 7) is 7.05. The molecule has 1 unspecified atom stereocenters. The first-order valence-corrected chi connectivity index (χ1v) is 7.67. The Morgan fingerprint density at radius 2 is 1.53 bits per heavy atom. The maximum Gasteiger partial charge on any atom is -1.00 e. The molecule has 0 N–H and O–H groups in total. The minimum absolute atomic E-state index is 0. The van der Waals surface area contributed by atoms with Crippen LogP contribution in [0.15, 0.2) is 22.3 Å². The van der Waals surface area contributed by atoms with Crippen LogP contribution in [0, 0.1) is 0 Å². The molecule has 0 aromatic rings. The van der Waals surface area contributed by atoms with Crippen molar-refractivity contribution >= 4 is 0 Å². The summed E-state index contributed by atoms with van der Waals surface area (Å²) in [6, 6.07) is 0. The molecule has 0 saturated carbocycles. The minimum Gasteiger partial charge on any atom is -1.00 e. The van der Waals surface area contributed by atoms with Gasteiger partial charge in [0.05, 0.1) is 0 Å². The number of halogens is 3. The van der Waals surface area contributed by atoms with Gasteiger partial charge in [-0.2, -0.15) is 0 Å². The van der Waals surface area contributed by atoms with Crippen LogP contribution in [0.4, 0.5) is 0 Å². The third-order valence-corrected chi connectivity index (χ3v) is 5.96. The van der Waals surface area contributed by atoms with Crippen molar-refractivity contribution in [2.45, 2.75) is 69.4 Å². The molecule has 2 aliphatic carbocycles. The fourth-order valence-electron chi connectivity index (χ4n) is 3.70. The Labute approximate surface area is 148 Å². The van der Waals surface area contributed by atoms with Gasteiger partial charge < -0.3 is 37.2 Å². The maximum absolute atomic E-state index is 2.50. The molecule has 2 rings (SSSR count). The van der Waals surface area contributed by atoms with Crippen molar-refractivity contribution in [1.82, 2.24) is 0 Å². The second-order valence-electron chi connectivity index (χ2n) is 5.09. The first-order valence-electron chi connectivity index (χ1n) is 6.89. The summed E-state index contributed by atoms with van der Waals surface area (Å²) in [5.74, 6) is 0. The molecule has 0 aromatic carbocycles. The molecule has 108 valence electrons. The Hall–Kier alpha value is 1.06. The molecule has 0 saturated heterocycles. The quantitative estimate of drug-likeness (QED) is 0.453. The van der Waals surface area contributed by atoms with E-state index >= 15 is 0 Å². The van der Waals surface area contributed by atoms with Crippen LogP contribution in [0.5, 0.6) is 0 Å². The Bertz CT molecular complexity index is 346. The van der Waals surface area contributed by atoms with Crippen molar-refractivity contribution < 1.29 is 57.7 Å². The molecule has 4 heteroatoms. The van der Waals surface area contributed by atoms with Gasteiger partial charge in [0.25, 0.3) is 0 Å². The van der Waals surface area contributed by atoms with E-state index in [0.717, 1.165) is 0 Å². The van der Waals surface area contributed by atoms with Gasteiger partial charge in [-0.3, -0.25) is 0 Å². The number of hydrogen-bond donors (Lipinski definition) is 0. The van der Waals surface area contributed by atoms with Crippen molar-refractivity contribution in [2.24, 2.45) is 0 Å². The monoisotopic (exact) mass is 356 g/mol. The molecule has 0 heterocycles. The molecule has 19 heavy (non-hydrogen) atoms. The molecule has 0 aromatic heterocycles. The molecule has 0 amide bonds. The average molecular weight is 358 g/mol. The van der Waals surface area contributed by atoms with Gasteiger partial charge in [0.1, 0.15) is 0 Å². The molecule has 1 atom stereocenters. The molecular weight excluding hydrogens is 334 g/mol. The summed E-state index contributed by atoms with van der Waals surface area (Å²) >= 11 is 2.50. The van der Waals surface area contributed by atoms with Gasteiger partial charge in [-0.05, 0) is 0 Å². The standard InChI is InChI=1S/C15H23.3ClH.Ti/c1-4-11-12(5-2)14-9-7-8-10-15(14)13(11)6-3;;;;/h4-10H2,1-3H3;3*1H;/q;;;;+3/p-3. The van der Waals surface area contributed by atoms with E-state index in [1.807, 2.05) is 5.57 Å². The van der Waals surface area contributed by atoms with Crippen molar-refractivity contribution in [3.63, 3.8) is 0 Å². The van der Waals surface area contributed by atoms with Gasteiger partial charge in [-0.25, -0.2) is 0 Å². The molecule has 0 aliphatic heterocycles. The van der Waals surface area contributed by atoms with Crippen LogP contribution < -0.4 is 37.2 Å². The summed E-state index contributed by atoms with van der Waals surface area (Å²) < 4.78 is 0.426. The van der Waals surface area contributed by atoms with Crippen molar-refractivity contribution in [2.75, 3.05) is 0 Å². The van der Waals surface area contributed by atoms with Crippen LogP contribution in [0.25, 0.3) is 0 Å². The second-order valence-corrected chi connectivity index (χ2v) is 6.42. The summed E-state index contributed by atoms with van der Waals surface area (Å²) in [4.78, 5) is 0. The predicted molar refractivity (Wildman–Crippen MR) is 66.1 cm³/mol. The van der Waals surface area contributed by atoms with Crippen LogP contribution in [0.2, 0.25) is 3.72 Å². The van der Waals surface area contributed by atoms with Crippen LogP contribution >= 0.6 is 0 Å². The summed E-state index contributed by atoms with van der Waals surface area (Å²) in [5.41, 5.74) is 7.09. The predicted octanol–water partition coefficient (Wildman–Crippen LogP) is -3.89. The SMILES string of the molecule is CCC1=C(CC)[C]([Ti+3])(CC)C2=C1CCCC2.[Cl-].[Cl-].[Cl-]. The van der Waals surface area contributed by atoms with Gasteiger partial charge >= 0.3 is 112 Å². The van der Waals surface area contributed by atoms with E-state index in [0.29, 0.717) is 3.72 Å². The van der Waals surface area contributed by atoms with E-state index in [1.54, 1.807) is 16.7 Å². The van der Waals surface area contributed by atoms with Gasteiger partial charge in [0.15, 0.2) is 0 Å². The topological polar surface area (TPSA) is 0 Å². The fourth-order valence-corrected chi connectivity index (χ4v) is 4.64.